The molecule has 1 saturated carbocycles. The second-order valence-electron chi connectivity index (χ2n) is 7.44. The molecule has 8 heteroatoms. The van der Waals surface area contributed by atoms with Gasteiger partial charge in [0.05, 0.1) is 12.7 Å². The summed E-state index contributed by atoms with van der Waals surface area (Å²) >= 11 is 1.44. The van der Waals surface area contributed by atoms with Gasteiger partial charge in [-0.1, -0.05) is 30.7 Å². The number of hydrogen-bond acceptors (Lipinski definition) is 6. The van der Waals surface area contributed by atoms with Crippen LogP contribution in [0.2, 0.25) is 0 Å². The minimum atomic E-state index is -0.331. The summed E-state index contributed by atoms with van der Waals surface area (Å²) in [6.07, 6.45) is 8.45. The molecule has 0 saturated heterocycles. The van der Waals surface area contributed by atoms with Gasteiger partial charge < -0.3 is 4.74 Å². The number of quaternary nitrogens is 1. The number of nitrogens with one attached hydrogen (secondary N) is 1. The van der Waals surface area contributed by atoms with Crippen LogP contribution >= 0.6 is 11.8 Å². The number of methoxy groups -OCH3 is 1. The van der Waals surface area contributed by atoms with E-state index in [0.717, 1.165) is 26.6 Å². The summed E-state index contributed by atoms with van der Waals surface area (Å²) in [5, 5.41) is 12.2. The first-order valence-electron chi connectivity index (χ1n) is 10.2. The predicted molar refractivity (Wildman–Crippen MR) is 118 cm³/mol. The zero-order valence-electron chi connectivity index (χ0n) is 17.2. The number of rotatable bonds is 7. The lowest BCUT2D eigenvalue weighted by Gasteiger charge is -2.12. The smallest absolute Gasteiger partial charge is 0.259 e. The molecule has 7 nitrogen and oxygen atoms in total. The molecule has 0 radical (unpaired) electrons. The SMILES string of the molecule is COc1cccc(Sc2ccc([NH2+]O)cc2C(=O)Nc2ncc(C3CCCC3)cn2)c1. The van der Waals surface area contributed by atoms with Crippen LogP contribution in [-0.4, -0.2) is 28.2 Å². The van der Waals surface area contributed by atoms with Crippen molar-refractivity contribution in [2.75, 3.05) is 12.4 Å². The van der Waals surface area contributed by atoms with E-state index in [2.05, 4.69) is 15.3 Å². The Bertz CT molecular complexity index is 1050. The molecule has 1 heterocycles. The normalized spacial score (nSPS) is 13.9. The molecular weight excluding hydrogens is 412 g/mol. The number of anilines is 1. The highest BCUT2D eigenvalue weighted by atomic mass is 32.2. The van der Waals surface area contributed by atoms with Crippen molar-refractivity contribution >= 4 is 29.3 Å². The maximum absolute atomic E-state index is 13.0. The zero-order chi connectivity index (χ0) is 21.6. The molecule has 0 unspecified atom stereocenters. The lowest BCUT2D eigenvalue weighted by atomic mass is 10.0. The number of carbonyl (C=O) groups is 1. The Kier molecular flexibility index (Phi) is 6.81. The zero-order valence-corrected chi connectivity index (χ0v) is 18.1. The average Bonchev–Trinajstić information content (AvgIpc) is 3.35. The maximum atomic E-state index is 13.0. The van der Waals surface area contributed by atoms with E-state index in [9.17, 15) is 10.0 Å². The fourth-order valence-corrected chi connectivity index (χ4v) is 4.70. The van der Waals surface area contributed by atoms with Gasteiger partial charge in [-0.15, -0.1) is 0 Å². The fourth-order valence-electron chi connectivity index (χ4n) is 3.73. The molecule has 3 aromatic rings. The first kappa shape index (κ1) is 21.3. The van der Waals surface area contributed by atoms with E-state index in [1.54, 1.807) is 19.2 Å². The van der Waals surface area contributed by atoms with Crippen LogP contribution in [0.5, 0.6) is 5.75 Å². The van der Waals surface area contributed by atoms with Gasteiger partial charge in [0.2, 0.25) is 5.95 Å². The molecule has 1 fully saturated rings. The van der Waals surface area contributed by atoms with Crippen molar-refractivity contribution in [3.8, 4) is 5.75 Å². The Balaban J connectivity index is 1.54. The van der Waals surface area contributed by atoms with Crippen molar-refractivity contribution in [2.45, 2.75) is 41.4 Å². The monoisotopic (exact) mass is 437 g/mol. The highest BCUT2D eigenvalue weighted by molar-refractivity contribution is 7.99. The third kappa shape index (κ3) is 5.22. The third-order valence-corrected chi connectivity index (χ3v) is 6.46. The van der Waals surface area contributed by atoms with Crippen molar-refractivity contribution in [3.63, 3.8) is 0 Å². The van der Waals surface area contributed by atoms with Crippen LogP contribution in [0.4, 0.5) is 11.6 Å². The van der Waals surface area contributed by atoms with E-state index in [1.165, 1.54) is 37.4 Å². The van der Waals surface area contributed by atoms with Crippen LogP contribution in [0.3, 0.4) is 0 Å². The lowest BCUT2D eigenvalue weighted by molar-refractivity contribution is -0.825. The van der Waals surface area contributed by atoms with Crippen LogP contribution < -0.4 is 15.5 Å². The largest absolute Gasteiger partial charge is 0.497 e. The lowest BCUT2D eigenvalue weighted by Crippen LogP contribution is -2.73. The molecule has 31 heavy (non-hydrogen) atoms. The average molecular weight is 438 g/mol. The number of nitrogens with two attached hydrogens (primary N) is 1. The minimum Gasteiger partial charge on any atom is -0.497 e. The van der Waals surface area contributed by atoms with Crippen molar-refractivity contribution in [2.24, 2.45) is 0 Å². The van der Waals surface area contributed by atoms with E-state index in [1.807, 2.05) is 42.7 Å². The number of ether oxygens (including phenoxy) is 1. The fraction of sp³-hybridized carbons (Fsp3) is 0.261. The van der Waals surface area contributed by atoms with E-state index < -0.39 is 0 Å². The van der Waals surface area contributed by atoms with Gasteiger partial charge in [0.1, 0.15) is 5.75 Å². The Morgan fingerprint density at radius 3 is 2.65 bits per heavy atom. The molecule has 1 aliphatic rings. The summed E-state index contributed by atoms with van der Waals surface area (Å²) in [6, 6.07) is 12.8. The Morgan fingerprint density at radius 2 is 1.94 bits per heavy atom. The highest BCUT2D eigenvalue weighted by Crippen LogP contribution is 2.34. The Morgan fingerprint density at radius 1 is 1.16 bits per heavy atom. The van der Waals surface area contributed by atoms with Gasteiger partial charge in [0, 0.05) is 34.3 Å². The molecule has 0 aliphatic heterocycles. The van der Waals surface area contributed by atoms with Crippen LogP contribution in [-0.2, 0) is 0 Å². The topological polar surface area (TPSA) is 101 Å². The molecule has 160 valence electrons. The maximum Gasteiger partial charge on any atom is 0.259 e. The summed E-state index contributed by atoms with van der Waals surface area (Å²) in [5.41, 5.74) is 3.07. The van der Waals surface area contributed by atoms with Crippen molar-refractivity contribution in [1.82, 2.24) is 9.97 Å². The molecule has 0 bridgehead atoms. The molecule has 2 aromatic carbocycles. The standard InChI is InChI=1S/C23H24N4O3S/c1-30-18-7-4-8-19(12-18)31-21-10-9-17(27-29)11-20(21)22(28)26-23-24-13-16(14-25-23)15-5-2-3-6-15/h4,7-15,27,29H,2-3,5-6H2,1H3,(H,24,25,26,28)/p+1. The van der Waals surface area contributed by atoms with Crippen molar-refractivity contribution in [3.05, 3.63) is 66.0 Å². The number of benzene rings is 2. The molecule has 1 aromatic heterocycles. The van der Waals surface area contributed by atoms with Crippen molar-refractivity contribution in [1.29, 1.82) is 0 Å². The molecule has 4 rings (SSSR count). The summed E-state index contributed by atoms with van der Waals surface area (Å²) in [6.45, 7) is 0. The molecular formula is C23H25N4O3S+. The first-order chi connectivity index (χ1) is 15.2. The molecule has 4 N–H and O–H groups in total. The quantitative estimate of drug-likeness (QED) is 0.380. The van der Waals surface area contributed by atoms with Gasteiger partial charge in [-0.25, -0.2) is 15.2 Å². The molecule has 1 aliphatic carbocycles. The molecule has 0 atom stereocenters. The number of amides is 1. The van der Waals surface area contributed by atoms with E-state index in [4.69, 9.17) is 4.74 Å². The van der Waals surface area contributed by atoms with E-state index >= 15 is 0 Å². The van der Waals surface area contributed by atoms with Crippen LogP contribution in [0.25, 0.3) is 0 Å². The predicted octanol–water partition coefficient (Wildman–Crippen LogP) is 4.13. The van der Waals surface area contributed by atoms with Gasteiger partial charge >= 0.3 is 0 Å². The van der Waals surface area contributed by atoms with Crippen LogP contribution in [0, 0.1) is 0 Å². The van der Waals surface area contributed by atoms with E-state index in [-0.39, 0.29) is 11.9 Å². The minimum absolute atomic E-state index is 0.266. The van der Waals surface area contributed by atoms with E-state index in [0.29, 0.717) is 17.2 Å². The third-order valence-electron chi connectivity index (χ3n) is 5.39. The Labute approximate surface area is 185 Å². The first-order valence-corrected chi connectivity index (χ1v) is 11.0. The molecule has 1 amide bonds. The van der Waals surface area contributed by atoms with Gasteiger partial charge in [-0.2, -0.15) is 5.48 Å². The second kappa shape index (κ2) is 9.91. The number of nitrogens with zero attached hydrogens (tertiary/aromatic N) is 2. The number of hydrogen-bond donors (Lipinski definition) is 3. The summed E-state index contributed by atoms with van der Waals surface area (Å²) < 4.78 is 5.28. The summed E-state index contributed by atoms with van der Waals surface area (Å²) in [5.74, 6) is 1.20. The second-order valence-corrected chi connectivity index (χ2v) is 8.56. The Hall–Kier alpha value is -2.94. The molecule has 0 spiro atoms. The summed E-state index contributed by atoms with van der Waals surface area (Å²) in [4.78, 5) is 23.4. The van der Waals surface area contributed by atoms with Gasteiger partial charge in [-0.3, -0.25) is 10.1 Å². The highest BCUT2D eigenvalue weighted by Gasteiger charge is 2.19. The van der Waals surface area contributed by atoms with Gasteiger partial charge in [-0.05, 0) is 48.6 Å². The van der Waals surface area contributed by atoms with Crippen LogP contribution in [0.1, 0.15) is 47.5 Å². The van der Waals surface area contributed by atoms with Crippen molar-refractivity contribution < 1.29 is 20.2 Å². The summed E-state index contributed by atoms with van der Waals surface area (Å²) in [7, 11) is 1.62. The van der Waals surface area contributed by atoms with Crippen LogP contribution in [0.15, 0.2) is 64.6 Å². The number of carbonyl (C=O) groups excluding carboxylic acids is 1. The van der Waals surface area contributed by atoms with Gasteiger partial charge in [0.15, 0.2) is 5.69 Å². The number of aromatic nitrogens is 2. The van der Waals surface area contributed by atoms with Gasteiger partial charge in [0.25, 0.3) is 5.91 Å².